The average molecular weight is 289 g/mol. The summed E-state index contributed by atoms with van der Waals surface area (Å²) in [5, 5.41) is 5.52. The number of imidazole rings is 1. The zero-order chi connectivity index (χ0) is 13.3. The Kier molecular flexibility index (Phi) is 5.14. The summed E-state index contributed by atoms with van der Waals surface area (Å²) < 4.78 is 7.30. The normalized spacial score (nSPS) is 10.9. The molecule has 1 radical (unpaired) electrons. The number of fused-ring (bicyclic) bond motifs is 1. The first-order valence-electron chi connectivity index (χ1n) is 5.42. The number of ether oxygens (including phenoxy) is 1. The molecule has 2 rings (SSSR count). The van der Waals surface area contributed by atoms with E-state index in [1.54, 1.807) is 37.4 Å². The van der Waals surface area contributed by atoms with E-state index in [0.29, 0.717) is 16.1 Å². The van der Waals surface area contributed by atoms with Crippen molar-refractivity contribution in [3.8, 4) is 0 Å². The van der Waals surface area contributed by atoms with E-state index >= 15 is 0 Å². The molecule has 0 aliphatic rings. The van der Waals surface area contributed by atoms with E-state index < -0.39 is 11.7 Å². The van der Waals surface area contributed by atoms with E-state index in [1.165, 1.54) is 6.20 Å². The number of aromatic nitrogens is 3. The monoisotopic (exact) mass is 289 g/mol. The van der Waals surface area contributed by atoms with Crippen LogP contribution in [0.15, 0.2) is 18.3 Å². The Labute approximate surface area is 137 Å². The van der Waals surface area contributed by atoms with Crippen molar-refractivity contribution in [2.45, 2.75) is 26.4 Å². The summed E-state index contributed by atoms with van der Waals surface area (Å²) in [6.07, 6.45) is 0.998. The number of anilines is 1. The van der Waals surface area contributed by atoms with Crippen molar-refractivity contribution < 1.29 is 9.53 Å². The Balaban J connectivity index is 0.00000180. The molecule has 0 unspecified atom stereocenters. The number of H-pyrrole nitrogens is 1. The summed E-state index contributed by atoms with van der Waals surface area (Å²) in [6.45, 7) is 5.40. The third kappa shape index (κ3) is 4.31. The van der Waals surface area contributed by atoms with Gasteiger partial charge in [-0.1, -0.05) is 12.2 Å². The first-order valence-corrected chi connectivity index (χ1v) is 5.83. The van der Waals surface area contributed by atoms with Crippen LogP contribution in [0.1, 0.15) is 20.8 Å². The molecule has 0 fully saturated rings. The second-order valence-electron chi connectivity index (χ2n) is 4.77. The van der Waals surface area contributed by atoms with E-state index in [9.17, 15) is 4.79 Å². The summed E-state index contributed by atoms with van der Waals surface area (Å²) in [6, 6.07) is 3.49. The average Bonchev–Trinajstić information content (AvgIpc) is 2.58. The number of nitrogens with one attached hydrogen (secondary N) is 2. The van der Waals surface area contributed by atoms with Gasteiger partial charge in [-0.3, -0.25) is 10.4 Å². The van der Waals surface area contributed by atoms with Gasteiger partial charge in [-0.2, -0.15) is 0 Å². The molecule has 19 heavy (non-hydrogen) atoms. The molecule has 2 aromatic heterocycles. The predicted molar refractivity (Wildman–Crippen MR) is 76.0 cm³/mol. The van der Waals surface area contributed by atoms with Crippen molar-refractivity contribution in [2.24, 2.45) is 0 Å². The molecule has 0 aliphatic heterocycles. The van der Waals surface area contributed by atoms with Crippen molar-refractivity contribution in [3.05, 3.63) is 23.0 Å². The zero-order valence-electron chi connectivity index (χ0n) is 11.4. The molecule has 97 valence electrons. The van der Waals surface area contributed by atoms with Gasteiger partial charge < -0.3 is 4.74 Å². The number of rotatable bonds is 1. The second kappa shape index (κ2) is 6.04. The molecule has 8 heteroatoms. The van der Waals surface area contributed by atoms with Crippen molar-refractivity contribution in [2.75, 3.05) is 5.32 Å². The van der Waals surface area contributed by atoms with Crippen molar-refractivity contribution in [1.29, 1.82) is 0 Å². The van der Waals surface area contributed by atoms with Gasteiger partial charge >= 0.3 is 6.09 Å². The molecular weight excluding hydrogens is 275 g/mol. The molecular formula is C11H14N4NaO2S. The van der Waals surface area contributed by atoms with Crippen LogP contribution in [-0.2, 0) is 4.74 Å². The fourth-order valence-corrected chi connectivity index (χ4v) is 1.55. The Hall–Kier alpha value is -0.890. The van der Waals surface area contributed by atoms with Gasteiger partial charge in [0.2, 0.25) is 0 Å². The third-order valence-electron chi connectivity index (χ3n) is 2.02. The summed E-state index contributed by atoms with van der Waals surface area (Å²) >= 11 is 5.02. The van der Waals surface area contributed by atoms with Crippen LogP contribution in [0.3, 0.4) is 0 Å². The number of hydrogen-bond acceptors (Lipinski definition) is 4. The van der Waals surface area contributed by atoms with Gasteiger partial charge in [-0.15, -0.1) is 0 Å². The molecule has 0 saturated carbocycles. The van der Waals surface area contributed by atoms with Gasteiger partial charge in [0.15, 0.2) is 11.5 Å². The van der Waals surface area contributed by atoms with E-state index in [0.717, 1.165) is 0 Å². The number of hydrogen-bond donors (Lipinski definition) is 2. The maximum Gasteiger partial charge on any atom is 0.413 e. The Morgan fingerprint density at radius 2 is 2.16 bits per heavy atom. The molecule has 0 saturated heterocycles. The van der Waals surface area contributed by atoms with Gasteiger partial charge in [-0.25, -0.2) is 14.3 Å². The van der Waals surface area contributed by atoms with Gasteiger partial charge in [0.05, 0.1) is 6.20 Å². The molecule has 6 nitrogen and oxygen atoms in total. The summed E-state index contributed by atoms with van der Waals surface area (Å²) in [7, 11) is 0. The van der Waals surface area contributed by atoms with Gasteiger partial charge in [0.25, 0.3) is 0 Å². The zero-order valence-corrected chi connectivity index (χ0v) is 14.2. The van der Waals surface area contributed by atoms with Crippen LogP contribution in [0.4, 0.5) is 10.6 Å². The number of carbonyl (C=O) groups excluding carboxylic acids is 1. The number of amides is 1. The maximum atomic E-state index is 11.6. The molecule has 1 amide bonds. The minimum absolute atomic E-state index is 0. The largest absolute Gasteiger partial charge is 0.444 e. The fourth-order valence-electron chi connectivity index (χ4n) is 1.40. The quantitative estimate of drug-likeness (QED) is 0.624. The minimum Gasteiger partial charge on any atom is -0.444 e. The molecule has 0 aromatic carbocycles. The van der Waals surface area contributed by atoms with Crippen molar-refractivity contribution in [1.82, 2.24) is 14.6 Å². The minimum atomic E-state index is -0.544. The topological polar surface area (TPSA) is 71.4 Å². The van der Waals surface area contributed by atoms with Crippen LogP contribution in [0.2, 0.25) is 0 Å². The predicted octanol–water partition coefficient (Wildman–Crippen LogP) is 2.36. The van der Waals surface area contributed by atoms with Gasteiger partial charge in [0.1, 0.15) is 10.2 Å². The Morgan fingerprint density at radius 3 is 2.79 bits per heavy atom. The summed E-state index contributed by atoms with van der Waals surface area (Å²) in [5.41, 5.74) is 0.118. The summed E-state index contributed by atoms with van der Waals surface area (Å²) in [4.78, 5) is 15.8. The standard InChI is InChI=1S/C11H14N4O2S.Na/c1-11(2,3)17-10(16)13-8-6-12-7-4-5-9(18)14-15(7)8;/h4-6H,1-3H3,(H,13,16)(H,14,18);. The molecule has 0 spiro atoms. The van der Waals surface area contributed by atoms with Crippen molar-refractivity contribution in [3.63, 3.8) is 0 Å². The molecule has 0 bridgehead atoms. The second-order valence-corrected chi connectivity index (χ2v) is 5.21. The van der Waals surface area contributed by atoms with Crippen LogP contribution in [0.5, 0.6) is 0 Å². The molecule has 2 heterocycles. The third-order valence-corrected chi connectivity index (χ3v) is 2.25. The maximum absolute atomic E-state index is 11.6. The fraction of sp³-hybridized carbons (Fsp3) is 0.364. The first-order chi connectivity index (χ1) is 8.35. The van der Waals surface area contributed by atoms with Gasteiger partial charge in [0, 0.05) is 29.6 Å². The molecule has 2 aromatic rings. The van der Waals surface area contributed by atoms with Crippen LogP contribution < -0.4 is 5.32 Å². The molecule has 0 aliphatic carbocycles. The molecule has 2 N–H and O–H groups in total. The van der Waals surface area contributed by atoms with Gasteiger partial charge in [-0.05, 0) is 32.9 Å². The van der Waals surface area contributed by atoms with Crippen LogP contribution >= 0.6 is 12.2 Å². The first kappa shape index (κ1) is 16.2. The van der Waals surface area contributed by atoms with Crippen molar-refractivity contribution >= 4 is 59.3 Å². The van der Waals surface area contributed by atoms with E-state index in [2.05, 4.69) is 15.4 Å². The summed E-state index contributed by atoms with van der Waals surface area (Å²) in [5.74, 6) is 0.478. The number of nitrogens with zero attached hydrogens (tertiary/aromatic N) is 2. The SMILES string of the molecule is CC(C)(C)OC(=O)Nc1cnc2ccc(=S)[nH]n12.[Na]. The van der Waals surface area contributed by atoms with Crippen LogP contribution in [0, 0.1) is 4.64 Å². The number of aromatic amines is 1. The Morgan fingerprint density at radius 1 is 1.47 bits per heavy atom. The van der Waals surface area contributed by atoms with E-state index in [1.807, 2.05) is 0 Å². The number of carbonyl (C=O) groups is 1. The van der Waals surface area contributed by atoms with Crippen LogP contribution in [-0.4, -0.2) is 55.8 Å². The van der Waals surface area contributed by atoms with E-state index in [-0.39, 0.29) is 29.6 Å². The Bertz CT molecular complexity index is 644. The van der Waals surface area contributed by atoms with E-state index in [4.69, 9.17) is 17.0 Å². The smallest absolute Gasteiger partial charge is 0.413 e. The van der Waals surface area contributed by atoms with Crippen LogP contribution in [0.25, 0.3) is 5.65 Å². The molecule has 0 atom stereocenters.